The van der Waals surface area contributed by atoms with Gasteiger partial charge in [0.2, 0.25) is 5.91 Å². The van der Waals surface area contributed by atoms with Crippen LogP contribution in [-0.4, -0.2) is 15.7 Å². The van der Waals surface area contributed by atoms with Crippen LogP contribution in [0.15, 0.2) is 67.0 Å². The number of carbonyl (C=O) groups is 1. The maximum atomic E-state index is 11.7. The van der Waals surface area contributed by atoms with E-state index in [1.54, 1.807) is 12.3 Å². The van der Waals surface area contributed by atoms with Crippen LogP contribution in [0.5, 0.6) is 0 Å². The second kappa shape index (κ2) is 7.09. The van der Waals surface area contributed by atoms with E-state index in [9.17, 15) is 4.79 Å². The molecule has 0 bridgehead atoms. The fourth-order valence-corrected chi connectivity index (χ4v) is 1.77. The third-order valence-corrected chi connectivity index (χ3v) is 2.65. The lowest BCUT2D eigenvalue weighted by Gasteiger charge is -2.06. The van der Waals surface area contributed by atoms with Gasteiger partial charge < -0.3 is 5.32 Å². The van der Waals surface area contributed by atoms with E-state index in [1.165, 1.54) is 6.08 Å². The van der Waals surface area contributed by atoms with Crippen LogP contribution in [0, 0.1) is 0 Å². The fourth-order valence-electron chi connectivity index (χ4n) is 1.77. The molecule has 0 radical (unpaired) electrons. The predicted molar refractivity (Wildman–Crippen MR) is 80.4 cm³/mol. The van der Waals surface area contributed by atoms with Crippen LogP contribution in [0.1, 0.15) is 12.5 Å². The summed E-state index contributed by atoms with van der Waals surface area (Å²) in [5.74, 6) is -0.140. The van der Waals surface area contributed by atoms with E-state index in [4.69, 9.17) is 0 Å². The highest BCUT2D eigenvalue weighted by molar-refractivity contribution is 5.99. The molecular formula is C16H17N3O. The minimum absolute atomic E-state index is 0.140. The highest BCUT2D eigenvalue weighted by Gasteiger charge is 2.00. The zero-order chi connectivity index (χ0) is 14.2. The second-order valence-electron chi connectivity index (χ2n) is 4.28. The average molecular weight is 267 g/mol. The monoisotopic (exact) mass is 267 g/mol. The maximum absolute atomic E-state index is 11.7. The van der Waals surface area contributed by atoms with Crippen molar-refractivity contribution in [3.05, 3.63) is 72.6 Å². The summed E-state index contributed by atoms with van der Waals surface area (Å²) in [6, 6.07) is 9.63. The van der Waals surface area contributed by atoms with Crippen molar-refractivity contribution in [3.8, 4) is 0 Å². The molecule has 0 saturated carbocycles. The van der Waals surface area contributed by atoms with Crippen molar-refractivity contribution in [2.45, 2.75) is 13.5 Å². The molecule has 0 spiro atoms. The first-order valence-corrected chi connectivity index (χ1v) is 6.44. The van der Waals surface area contributed by atoms with Gasteiger partial charge >= 0.3 is 0 Å². The van der Waals surface area contributed by atoms with E-state index >= 15 is 0 Å². The van der Waals surface area contributed by atoms with E-state index in [0.29, 0.717) is 6.54 Å². The highest BCUT2D eigenvalue weighted by Crippen LogP contribution is 2.11. The Hall–Kier alpha value is -2.62. The molecule has 1 aromatic carbocycles. The van der Waals surface area contributed by atoms with Gasteiger partial charge in [0.25, 0.3) is 0 Å². The Morgan fingerprint density at radius 2 is 2.25 bits per heavy atom. The topological polar surface area (TPSA) is 46.9 Å². The number of allylic oxidation sites excluding steroid dienone is 3. The van der Waals surface area contributed by atoms with Crippen LogP contribution < -0.4 is 5.32 Å². The van der Waals surface area contributed by atoms with Crippen LogP contribution in [0.2, 0.25) is 0 Å². The Morgan fingerprint density at radius 3 is 3.00 bits per heavy atom. The molecule has 0 saturated heterocycles. The van der Waals surface area contributed by atoms with E-state index in [0.717, 1.165) is 11.3 Å². The van der Waals surface area contributed by atoms with Gasteiger partial charge in [-0.25, -0.2) is 0 Å². The van der Waals surface area contributed by atoms with Gasteiger partial charge in [-0.3, -0.25) is 9.48 Å². The largest absolute Gasteiger partial charge is 0.323 e. The van der Waals surface area contributed by atoms with E-state index < -0.39 is 0 Å². The van der Waals surface area contributed by atoms with Crippen LogP contribution >= 0.6 is 0 Å². The normalized spacial score (nSPS) is 11.2. The summed E-state index contributed by atoms with van der Waals surface area (Å²) in [6.07, 6.45) is 10.5. The minimum Gasteiger partial charge on any atom is -0.323 e. The predicted octanol–water partition coefficient (Wildman–Crippen LogP) is 3.00. The van der Waals surface area contributed by atoms with Crippen molar-refractivity contribution in [3.63, 3.8) is 0 Å². The molecule has 2 rings (SSSR count). The number of nitrogens with one attached hydrogen (secondary N) is 1. The lowest BCUT2D eigenvalue weighted by atomic mass is 10.2. The number of benzene rings is 1. The molecule has 1 amide bonds. The van der Waals surface area contributed by atoms with Gasteiger partial charge in [-0.1, -0.05) is 30.4 Å². The Kier molecular flexibility index (Phi) is 4.89. The van der Waals surface area contributed by atoms with Crippen molar-refractivity contribution in [2.24, 2.45) is 0 Å². The molecule has 1 N–H and O–H groups in total. The van der Waals surface area contributed by atoms with E-state index in [-0.39, 0.29) is 5.91 Å². The smallest absolute Gasteiger partial charge is 0.248 e. The molecule has 0 atom stereocenters. The molecule has 0 aliphatic rings. The lowest BCUT2D eigenvalue weighted by molar-refractivity contribution is -0.111. The number of hydrogen-bond donors (Lipinski definition) is 1. The van der Waals surface area contributed by atoms with Crippen LogP contribution in [0.4, 0.5) is 5.69 Å². The quantitative estimate of drug-likeness (QED) is 0.668. The number of carbonyl (C=O) groups excluding carboxylic acids is 1. The third kappa shape index (κ3) is 4.24. The number of hydrogen-bond acceptors (Lipinski definition) is 2. The summed E-state index contributed by atoms with van der Waals surface area (Å²) in [4.78, 5) is 11.7. The summed E-state index contributed by atoms with van der Waals surface area (Å²) in [5.41, 5.74) is 1.87. The van der Waals surface area contributed by atoms with Crippen molar-refractivity contribution in [1.82, 2.24) is 9.78 Å². The van der Waals surface area contributed by atoms with Gasteiger partial charge in [-0.15, -0.1) is 0 Å². The summed E-state index contributed by atoms with van der Waals surface area (Å²) in [7, 11) is 0. The molecule has 0 unspecified atom stereocenters. The zero-order valence-corrected chi connectivity index (χ0v) is 11.4. The molecule has 0 aliphatic carbocycles. The van der Waals surface area contributed by atoms with Gasteiger partial charge in [-0.2, -0.15) is 5.10 Å². The molecule has 0 aliphatic heterocycles. The molecule has 4 nitrogen and oxygen atoms in total. The van der Waals surface area contributed by atoms with Gasteiger partial charge in [0, 0.05) is 24.2 Å². The van der Waals surface area contributed by atoms with Crippen LogP contribution in [0.3, 0.4) is 0 Å². The van der Waals surface area contributed by atoms with Gasteiger partial charge in [0.1, 0.15) is 0 Å². The second-order valence-corrected chi connectivity index (χ2v) is 4.28. The maximum Gasteiger partial charge on any atom is 0.248 e. The van der Waals surface area contributed by atoms with Gasteiger partial charge in [0.05, 0.1) is 6.54 Å². The van der Waals surface area contributed by atoms with Gasteiger partial charge in [0.15, 0.2) is 0 Å². The van der Waals surface area contributed by atoms with Crippen molar-refractivity contribution in [1.29, 1.82) is 0 Å². The highest BCUT2D eigenvalue weighted by atomic mass is 16.1. The first-order valence-electron chi connectivity index (χ1n) is 6.44. The number of nitrogens with zero attached hydrogens (tertiary/aromatic N) is 2. The van der Waals surface area contributed by atoms with Crippen molar-refractivity contribution in [2.75, 3.05) is 5.32 Å². The van der Waals surface area contributed by atoms with Crippen LogP contribution in [0.25, 0.3) is 0 Å². The average Bonchev–Trinajstić information content (AvgIpc) is 2.92. The van der Waals surface area contributed by atoms with E-state index in [2.05, 4.69) is 10.4 Å². The molecule has 0 fully saturated rings. The van der Waals surface area contributed by atoms with Gasteiger partial charge in [-0.05, 0) is 30.7 Å². The molecule has 20 heavy (non-hydrogen) atoms. The molecule has 1 aromatic heterocycles. The molecule has 102 valence electrons. The minimum atomic E-state index is -0.140. The summed E-state index contributed by atoms with van der Waals surface area (Å²) < 4.78 is 1.84. The number of rotatable bonds is 5. The first kappa shape index (κ1) is 13.8. The SMILES string of the molecule is C/C=C/C=C/C(=O)Nc1cccc(Cn2cccn2)c1. The van der Waals surface area contributed by atoms with Crippen molar-refractivity contribution >= 4 is 11.6 Å². The van der Waals surface area contributed by atoms with Crippen LogP contribution in [-0.2, 0) is 11.3 Å². The number of amides is 1. The first-order chi connectivity index (χ1) is 9.78. The Balaban J connectivity index is 2.00. The molecule has 1 heterocycles. The lowest BCUT2D eigenvalue weighted by Crippen LogP contribution is -2.08. The summed E-state index contributed by atoms with van der Waals surface area (Å²) in [5, 5.41) is 6.99. The molecule has 4 heteroatoms. The van der Waals surface area contributed by atoms with E-state index in [1.807, 2.05) is 60.3 Å². The van der Waals surface area contributed by atoms with Crippen molar-refractivity contribution < 1.29 is 4.79 Å². The molecule has 2 aromatic rings. The zero-order valence-electron chi connectivity index (χ0n) is 11.4. The Morgan fingerprint density at radius 1 is 1.35 bits per heavy atom. The Labute approximate surface area is 118 Å². The molecular weight excluding hydrogens is 250 g/mol. The standard InChI is InChI=1S/C16H17N3O/c1-2-3-4-9-16(20)18-15-8-5-7-14(12-15)13-19-11-6-10-17-19/h2-12H,13H2,1H3,(H,18,20)/b3-2+,9-4+. The fraction of sp³-hybridized carbons (Fsp3) is 0.125. The summed E-state index contributed by atoms with van der Waals surface area (Å²) >= 11 is 0. The number of anilines is 1. The third-order valence-electron chi connectivity index (χ3n) is 2.65. The summed E-state index contributed by atoms with van der Waals surface area (Å²) in [6.45, 7) is 2.59. The Bertz CT molecular complexity index is 612. The number of aromatic nitrogens is 2.